The van der Waals surface area contributed by atoms with Crippen molar-refractivity contribution >= 4 is 35.6 Å². The van der Waals surface area contributed by atoms with Gasteiger partial charge in [-0.3, -0.25) is 9.89 Å². The second kappa shape index (κ2) is 10.1. The van der Waals surface area contributed by atoms with Crippen LogP contribution in [0.2, 0.25) is 0 Å². The van der Waals surface area contributed by atoms with Gasteiger partial charge in [0.05, 0.1) is 25.9 Å². The van der Waals surface area contributed by atoms with E-state index in [9.17, 15) is 5.11 Å². The Morgan fingerprint density at radius 1 is 1.30 bits per heavy atom. The zero-order valence-corrected chi connectivity index (χ0v) is 16.1. The van der Waals surface area contributed by atoms with Crippen molar-refractivity contribution in [2.75, 3.05) is 44.7 Å². The number of aliphatic hydroxyl groups excluding tert-OH is 1. The Kier molecular flexibility index (Phi) is 8.82. The Hall–Kier alpha value is -0.900. The summed E-state index contributed by atoms with van der Waals surface area (Å²) < 4.78 is 5.28. The monoisotopic (exact) mass is 434 g/mol. The molecule has 23 heavy (non-hydrogen) atoms. The number of aryl methyl sites for hydroxylation is 2. The van der Waals surface area contributed by atoms with Crippen LogP contribution < -0.4 is 11.1 Å². The predicted molar refractivity (Wildman–Crippen MR) is 105 cm³/mol. The van der Waals surface area contributed by atoms with Crippen LogP contribution in [0.5, 0.6) is 0 Å². The number of morpholine rings is 1. The molecule has 1 saturated heterocycles. The highest BCUT2D eigenvalue weighted by molar-refractivity contribution is 14.0. The number of halogens is 1. The van der Waals surface area contributed by atoms with Crippen LogP contribution in [-0.2, 0) is 4.74 Å². The van der Waals surface area contributed by atoms with Crippen molar-refractivity contribution in [3.05, 3.63) is 29.3 Å². The van der Waals surface area contributed by atoms with Crippen molar-refractivity contribution in [1.82, 2.24) is 4.90 Å². The molecule has 0 aromatic heterocycles. The maximum atomic E-state index is 10.0. The van der Waals surface area contributed by atoms with E-state index in [2.05, 4.69) is 21.3 Å². The van der Waals surface area contributed by atoms with Gasteiger partial charge in [0.15, 0.2) is 5.96 Å². The Morgan fingerprint density at radius 3 is 2.52 bits per heavy atom. The van der Waals surface area contributed by atoms with Gasteiger partial charge < -0.3 is 20.9 Å². The zero-order chi connectivity index (χ0) is 15.9. The van der Waals surface area contributed by atoms with Gasteiger partial charge in [0, 0.05) is 25.3 Å². The maximum absolute atomic E-state index is 10.0. The first-order chi connectivity index (χ1) is 10.5. The van der Waals surface area contributed by atoms with Crippen LogP contribution in [0.25, 0.3) is 0 Å². The Balaban J connectivity index is 0.00000264. The Bertz CT molecular complexity index is 499. The molecule has 1 atom stereocenters. The molecular formula is C16H27IN4O2. The summed E-state index contributed by atoms with van der Waals surface area (Å²) in [6, 6.07) is 6.13. The van der Waals surface area contributed by atoms with E-state index in [-0.39, 0.29) is 24.0 Å². The molecule has 0 amide bonds. The third-order valence-corrected chi connectivity index (χ3v) is 3.54. The first-order valence-corrected chi connectivity index (χ1v) is 7.66. The lowest BCUT2D eigenvalue weighted by molar-refractivity contribution is 0.0165. The SMILES string of the molecule is Cc1cc(C)cc(NC(N)=NCC(O)CN2CCOCC2)c1.I. The molecule has 0 radical (unpaired) electrons. The van der Waals surface area contributed by atoms with Crippen molar-refractivity contribution in [2.45, 2.75) is 20.0 Å². The first kappa shape index (κ1) is 20.1. The number of anilines is 1. The second-order valence-corrected chi connectivity index (χ2v) is 5.79. The van der Waals surface area contributed by atoms with Gasteiger partial charge in [0.1, 0.15) is 0 Å². The van der Waals surface area contributed by atoms with Crippen molar-refractivity contribution < 1.29 is 9.84 Å². The normalized spacial score (nSPS) is 17.4. The summed E-state index contributed by atoms with van der Waals surface area (Å²) in [6.07, 6.45) is -0.516. The number of ether oxygens (including phenoxy) is 1. The number of guanidine groups is 1. The number of benzene rings is 1. The van der Waals surface area contributed by atoms with Gasteiger partial charge in [0.2, 0.25) is 0 Å². The topological polar surface area (TPSA) is 83.1 Å². The van der Waals surface area contributed by atoms with Crippen LogP contribution in [-0.4, -0.2) is 61.5 Å². The standard InChI is InChI=1S/C16H26N4O2.HI/c1-12-7-13(2)9-14(8-12)19-16(17)18-10-15(21)11-20-3-5-22-6-4-20;/h7-9,15,21H,3-6,10-11H2,1-2H3,(H3,17,18,19);1H. The number of nitrogens with zero attached hydrogens (tertiary/aromatic N) is 2. The van der Waals surface area contributed by atoms with Crippen molar-refractivity contribution in [1.29, 1.82) is 0 Å². The quantitative estimate of drug-likeness (QED) is 0.370. The molecule has 6 nitrogen and oxygen atoms in total. The van der Waals surface area contributed by atoms with E-state index in [0.717, 1.165) is 32.0 Å². The summed E-state index contributed by atoms with van der Waals surface area (Å²) in [5.41, 5.74) is 9.14. The van der Waals surface area contributed by atoms with Crippen molar-refractivity contribution in [3.8, 4) is 0 Å². The lowest BCUT2D eigenvalue weighted by Gasteiger charge is -2.28. The summed E-state index contributed by atoms with van der Waals surface area (Å²) in [4.78, 5) is 6.40. The number of β-amino-alcohol motifs (C(OH)–C–C–N with tert-alkyl or cyclic N) is 1. The third kappa shape index (κ3) is 7.47. The summed E-state index contributed by atoms with van der Waals surface area (Å²) in [7, 11) is 0. The average molecular weight is 434 g/mol. The number of nitrogens with one attached hydrogen (secondary N) is 1. The van der Waals surface area contributed by atoms with E-state index >= 15 is 0 Å². The number of aliphatic imine (C=N–C) groups is 1. The highest BCUT2D eigenvalue weighted by atomic mass is 127. The van der Waals surface area contributed by atoms with E-state index in [0.29, 0.717) is 19.0 Å². The smallest absolute Gasteiger partial charge is 0.193 e. The molecule has 1 aliphatic heterocycles. The fraction of sp³-hybridized carbons (Fsp3) is 0.562. The minimum absolute atomic E-state index is 0. The molecule has 4 N–H and O–H groups in total. The van der Waals surface area contributed by atoms with Gasteiger partial charge in [-0.1, -0.05) is 6.07 Å². The minimum Gasteiger partial charge on any atom is -0.390 e. The van der Waals surface area contributed by atoms with E-state index in [1.54, 1.807) is 0 Å². The van der Waals surface area contributed by atoms with Crippen LogP contribution in [0.3, 0.4) is 0 Å². The summed E-state index contributed by atoms with van der Waals surface area (Å²) >= 11 is 0. The zero-order valence-electron chi connectivity index (χ0n) is 13.8. The molecule has 1 unspecified atom stereocenters. The minimum atomic E-state index is -0.516. The molecule has 2 rings (SSSR count). The number of rotatable bonds is 5. The van der Waals surface area contributed by atoms with Crippen molar-refractivity contribution in [3.63, 3.8) is 0 Å². The van der Waals surface area contributed by atoms with Gasteiger partial charge in [-0.25, -0.2) is 0 Å². The summed E-state index contributed by atoms with van der Waals surface area (Å²) in [5.74, 6) is 0.325. The van der Waals surface area contributed by atoms with E-state index in [4.69, 9.17) is 10.5 Å². The molecule has 0 spiro atoms. The third-order valence-electron chi connectivity index (χ3n) is 3.54. The predicted octanol–water partition coefficient (Wildman–Crippen LogP) is 1.34. The number of hydrogen-bond donors (Lipinski definition) is 3. The molecule has 1 aromatic rings. The number of nitrogens with two attached hydrogens (primary N) is 1. The van der Waals surface area contributed by atoms with Crippen molar-refractivity contribution in [2.24, 2.45) is 10.7 Å². The Morgan fingerprint density at radius 2 is 1.91 bits per heavy atom. The number of hydrogen-bond acceptors (Lipinski definition) is 4. The average Bonchev–Trinajstić information content (AvgIpc) is 2.45. The molecular weight excluding hydrogens is 407 g/mol. The van der Waals surface area contributed by atoms with Gasteiger partial charge in [-0.05, 0) is 37.1 Å². The molecule has 130 valence electrons. The second-order valence-electron chi connectivity index (χ2n) is 5.79. The van der Waals surface area contributed by atoms with Gasteiger partial charge in [-0.15, -0.1) is 24.0 Å². The van der Waals surface area contributed by atoms with Crippen LogP contribution in [0, 0.1) is 13.8 Å². The van der Waals surface area contributed by atoms with E-state index in [1.807, 2.05) is 26.0 Å². The van der Waals surface area contributed by atoms with E-state index < -0.39 is 6.10 Å². The first-order valence-electron chi connectivity index (χ1n) is 7.66. The fourth-order valence-corrected chi connectivity index (χ4v) is 2.58. The molecule has 7 heteroatoms. The lowest BCUT2D eigenvalue weighted by atomic mass is 10.1. The molecule has 0 aliphatic carbocycles. The van der Waals surface area contributed by atoms with Crippen LogP contribution in [0.4, 0.5) is 5.69 Å². The van der Waals surface area contributed by atoms with Crippen LogP contribution >= 0.6 is 24.0 Å². The maximum Gasteiger partial charge on any atom is 0.193 e. The highest BCUT2D eigenvalue weighted by Crippen LogP contribution is 2.13. The van der Waals surface area contributed by atoms with Gasteiger partial charge >= 0.3 is 0 Å². The molecule has 1 heterocycles. The summed E-state index contributed by atoms with van der Waals surface area (Å²) in [5, 5.41) is 13.1. The Labute approximate surface area is 155 Å². The molecule has 0 saturated carbocycles. The highest BCUT2D eigenvalue weighted by Gasteiger charge is 2.14. The fourth-order valence-electron chi connectivity index (χ4n) is 2.58. The van der Waals surface area contributed by atoms with E-state index in [1.165, 1.54) is 11.1 Å². The molecule has 1 aromatic carbocycles. The summed E-state index contributed by atoms with van der Waals surface area (Å²) in [6.45, 7) is 8.15. The largest absolute Gasteiger partial charge is 0.390 e. The lowest BCUT2D eigenvalue weighted by Crippen LogP contribution is -2.42. The van der Waals surface area contributed by atoms with Crippen LogP contribution in [0.1, 0.15) is 11.1 Å². The van der Waals surface area contributed by atoms with Gasteiger partial charge in [-0.2, -0.15) is 0 Å². The number of aliphatic hydroxyl groups is 1. The van der Waals surface area contributed by atoms with Gasteiger partial charge in [0.25, 0.3) is 0 Å². The molecule has 0 bridgehead atoms. The molecule has 1 fully saturated rings. The molecule has 1 aliphatic rings. The van der Waals surface area contributed by atoms with Crippen LogP contribution in [0.15, 0.2) is 23.2 Å².